The molecule has 1 N–H and O–H groups in total. The first kappa shape index (κ1) is 20.0. The molecular formula is C14H17ClF3N3O3S. The van der Waals surface area contributed by atoms with Gasteiger partial charge in [0.15, 0.2) is 0 Å². The summed E-state index contributed by atoms with van der Waals surface area (Å²) in [6.07, 6.45) is -4.70. The van der Waals surface area contributed by atoms with Gasteiger partial charge in [0.05, 0.1) is 17.1 Å². The van der Waals surface area contributed by atoms with Crippen LogP contribution in [0.5, 0.6) is 0 Å². The number of carbonyl (C=O) groups is 1. The SMILES string of the molecule is CN(CC(=O)N1CCNCC1)S(=O)(=O)c1cc(C(F)(F)F)ccc1Cl. The molecule has 0 atom stereocenters. The second kappa shape index (κ2) is 7.48. The number of amides is 1. The molecule has 1 aromatic carbocycles. The van der Waals surface area contributed by atoms with Gasteiger partial charge in [-0.1, -0.05) is 11.6 Å². The molecule has 1 heterocycles. The van der Waals surface area contributed by atoms with Crippen LogP contribution in [0, 0.1) is 0 Å². The molecule has 0 spiro atoms. The summed E-state index contributed by atoms with van der Waals surface area (Å²) in [6, 6.07) is 2.06. The Hall–Kier alpha value is -1.36. The molecule has 1 fully saturated rings. The van der Waals surface area contributed by atoms with Gasteiger partial charge in [-0.25, -0.2) is 8.42 Å². The molecule has 1 amide bonds. The van der Waals surface area contributed by atoms with Crippen LogP contribution in [-0.4, -0.2) is 63.3 Å². The zero-order chi connectivity index (χ0) is 18.8. The van der Waals surface area contributed by atoms with E-state index in [-0.39, 0.29) is 5.02 Å². The molecule has 6 nitrogen and oxygen atoms in total. The first-order valence-corrected chi connectivity index (χ1v) is 9.17. The van der Waals surface area contributed by atoms with E-state index in [1.165, 1.54) is 4.90 Å². The topological polar surface area (TPSA) is 69.7 Å². The minimum absolute atomic E-state index is 0.338. The van der Waals surface area contributed by atoms with Crippen LogP contribution in [0.4, 0.5) is 13.2 Å². The highest BCUT2D eigenvalue weighted by Crippen LogP contribution is 2.34. The highest BCUT2D eigenvalue weighted by molar-refractivity contribution is 7.89. The van der Waals surface area contributed by atoms with E-state index in [2.05, 4.69) is 5.32 Å². The highest BCUT2D eigenvalue weighted by Gasteiger charge is 2.34. The number of rotatable bonds is 4. The zero-order valence-corrected chi connectivity index (χ0v) is 14.9. The lowest BCUT2D eigenvalue weighted by atomic mass is 10.2. The monoisotopic (exact) mass is 399 g/mol. The molecule has 0 radical (unpaired) electrons. The Morgan fingerprint density at radius 3 is 2.48 bits per heavy atom. The second-order valence-corrected chi connectivity index (χ2v) is 7.96. The van der Waals surface area contributed by atoms with Crippen LogP contribution >= 0.6 is 11.6 Å². The lowest BCUT2D eigenvalue weighted by molar-refractivity contribution is -0.137. The van der Waals surface area contributed by atoms with Crippen LogP contribution in [-0.2, 0) is 21.0 Å². The van der Waals surface area contributed by atoms with E-state index in [1.807, 2.05) is 0 Å². The first-order chi connectivity index (χ1) is 11.5. The van der Waals surface area contributed by atoms with Gasteiger partial charge in [0, 0.05) is 33.2 Å². The maximum absolute atomic E-state index is 12.8. The summed E-state index contributed by atoms with van der Waals surface area (Å²) >= 11 is 5.78. The summed E-state index contributed by atoms with van der Waals surface area (Å²) in [5.74, 6) is -0.421. The molecule has 1 aromatic rings. The molecule has 0 aromatic heterocycles. The first-order valence-electron chi connectivity index (χ1n) is 7.35. The molecule has 11 heteroatoms. The van der Waals surface area contributed by atoms with Crippen LogP contribution in [0.15, 0.2) is 23.1 Å². The molecule has 0 saturated carbocycles. The van der Waals surface area contributed by atoms with Crippen molar-refractivity contribution in [2.24, 2.45) is 0 Å². The Bertz CT molecular complexity index is 749. The minimum Gasteiger partial charge on any atom is -0.339 e. The van der Waals surface area contributed by atoms with Crippen LogP contribution in [0.2, 0.25) is 5.02 Å². The van der Waals surface area contributed by atoms with Crippen molar-refractivity contribution in [1.82, 2.24) is 14.5 Å². The quantitative estimate of drug-likeness (QED) is 0.831. The summed E-state index contributed by atoms with van der Waals surface area (Å²) in [7, 11) is -3.22. The number of nitrogens with zero attached hydrogens (tertiary/aromatic N) is 2. The van der Waals surface area contributed by atoms with Crippen LogP contribution in [0.3, 0.4) is 0 Å². The molecule has 1 aliphatic heterocycles. The smallest absolute Gasteiger partial charge is 0.339 e. The summed E-state index contributed by atoms with van der Waals surface area (Å²) in [5.41, 5.74) is -1.13. The van der Waals surface area contributed by atoms with Gasteiger partial charge in [0.2, 0.25) is 15.9 Å². The maximum Gasteiger partial charge on any atom is 0.416 e. The standard InChI is InChI=1S/C14H17ClF3N3O3S/c1-20(9-13(22)21-6-4-19-5-7-21)25(23,24)12-8-10(14(16,17)18)2-3-11(12)15/h2-3,8,19H,4-7,9H2,1H3. The Balaban J connectivity index is 2.23. The van der Waals surface area contributed by atoms with E-state index in [0.717, 1.165) is 13.1 Å². The largest absolute Gasteiger partial charge is 0.416 e. The number of nitrogens with one attached hydrogen (secondary N) is 1. The van der Waals surface area contributed by atoms with E-state index in [4.69, 9.17) is 11.6 Å². The van der Waals surface area contributed by atoms with E-state index in [1.54, 1.807) is 0 Å². The molecule has 1 aliphatic rings. The average molecular weight is 400 g/mol. The highest BCUT2D eigenvalue weighted by atomic mass is 35.5. The number of carbonyl (C=O) groups excluding carboxylic acids is 1. The van der Waals surface area contributed by atoms with E-state index < -0.39 is 39.1 Å². The molecular weight excluding hydrogens is 383 g/mol. The summed E-state index contributed by atoms with van der Waals surface area (Å²) in [6.45, 7) is 1.60. The number of hydrogen-bond donors (Lipinski definition) is 1. The van der Waals surface area contributed by atoms with Crippen molar-refractivity contribution in [3.8, 4) is 0 Å². The summed E-state index contributed by atoms with van der Waals surface area (Å²) in [4.78, 5) is 13.0. The van der Waals surface area contributed by atoms with Crippen LogP contribution < -0.4 is 5.32 Å². The summed E-state index contributed by atoms with van der Waals surface area (Å²) in [5, 5.41) is 2.72. The lowest BCUT2D eigenvalue weighted by Gasteiger charge is -2.29. The number of benzene rings is 1. The van der Waals surface area contributed by atoms with Gasteiger partial charge in [0.25, 0.3) is 0 Å². The second-order valence-electron chi connectivity index (χ2n) is 5.53. The predicted octanol–water partition coefficient (Wildman–Crippen LogP) is 1.41. The van der Waals surface area contributed by atoms with Crippen molar-refractivity contribution in [1.29, 1.82) is 0 Å². The third-order valence-electron chi connectivity index (χ3n) is 3.77. The average Bonchev–Trinajstić information content (AvgIpc) is 2.54. The van der Waals surface area contributed by atoms with Gasteiger partial charge in [-0.2, -0.15) is 17.5 Å². The number of hydrogen-bond acceptors (Lipinski definition) is 4. The summed E-state index contributed by atoms with van der Waals surface area (Å²) < 4.78 is 64.3. The number of halogens is 4. The van der Waals surface area contributed by atoms with Crippen molar-refractivity contribution in [3.05, 3.63) is 28.8 Å². The molecule has 2 rings (SSSR count). The van der Waals surface area contributed by atoms with Gasteiger partial charge < -0.3 is 10.2 Å². The Labute approximate surface area is 148 Å². The van der Waals surface area contributed by atoms with Crippen molar-refractivity contribution >= 4 is 27.5 Å². The fourth-order valence-corrected chi connectivity index (χ4v) is 3.95. The molecule has 0 aliphatic carbocycles. The Kier molecular flexibility index (Phi) is 5.97. The predicted molar refractivity (Wildman–Crippen MR) is 85.7 cm³/mol. The van der Waals surface area contributed by atoms with E-state index in [0.29, 0.717) is 42.6 Å². The number of sulfonamides is 1. The number of piperazine rings is 1. The van der Waals surface area contributed by atoms with E-state index in [9.17, 15) is 26.4 Å². The van der Waals surface area contributed by atoms with Crippen LogP contribution in [0.1, 0.15) is 5.56 Å². The van der Waals surface area contributed by atoms with Gasteiger partial charge in [-0.3, -0.25) is 4.79 Å². The number of likely N-dealkylation sites (N-methyl/N-ethyl adjacent to an activating group) is 1. The fraction of sp³-hybridized carbons (Fsp3) is 0.500. The van der Waals surface area contributed by atoms with Gasteiger partial charge >= 0.3 is 6.18 Å². The van der Waals surface area contributed by atoms with Gasteiger partial charge in [0.1, 0.15) is 4.90 Å². The van der Waals surface area contributed by atoms with Crippen molar-refractivity contribution in [3.63, 3.8) is 0 Å². The van der Waals surface area contributed by atoms with Crippen LogP contribution in [0.25, 0.3) is 0 Å². The molecule has 1 saturated heterocycles. The third kappa shape index (κ3) is 4.63. The van der Waals surface area contributed by atoms with Crippen molar-refractivity contribution in [2.45, 2.75) is 11.1 Å². The zero-order valence-electron chi connectivity index (χ0n) is 13.3. The molecule has 25 heavy (non-hydrogen) atoms. The Morgan fingerprint density at radius 2 is 1.92 bits per heavy atom. The minimum atomic E-state index is -4.70. The molecule has 140 valence electrons. The lowest BCUT2D eigenvalue weighted by Crippen LogP contribution is -2.49. The van der Waals surface area contributed by atoms with Crippen molar-refractivity contribution < 1.29 is 26.4 Å². The molecule has 0 bridgehead atoms. The fourth-order valence-electron chi connectivity index (χ4n) is 2.33. The van der Waals surface area contributed by atoms with Gasteiger partial charge in [-0.05, 0) is 18.2 Å². The molecule has 0 unspecified atom stereocenters. The maximum atomic E-state index is 12.8. The van der Waals surface area contributed by atoms with Crippen molar-refractivity contribution in [2.75, 3.05) is 39.8 Å². The normalized spacial score (nSPS) is 16.3. The third-order valence-corrected chi connectivity index (χ3v) is 6.06. The van der Waals surface area contributed by atoms with E-state index >= 15 is 0 Å². The Morgan fingerprint density at radius 1 is 1.32 bits per heavy atom. The number of alkyl halides is 3. The van der Waals surface area contributed by atoms with Gasteiger partial charge in [-0.15, -0.1) is 0 Å².